The first kappa shape index (κ1) is 12.9. The summed E-state index contributed by atoms with van der Waals surface area (Å²) in [7, 11) is 0. The number of anilines is 1. The summed E-state index contributed by atoms with van der Waals surface area (Å²) in [5.74, 6) is -1.66. The van der Waals surface area contributed by atoms with Crippen molar-refractivity contribution in [2.75, 3.05) is 5.32 Å². The largest absolute Gasteiger partial charge is 0.481 e. The van der Waals surface area contributed by atoms with E-state index >= 15 is 0 Å². The fourth-order valence-electron chi connectivity index (χ4n) is 1.78. The van der Waals surface area contributed by atoms with Gasteiger partial charge in [0.15, 0.2) is 5.76 Å². The number of hydrogen-bond acceptors (Lipinski definition) is 4. The maximum atomic E-state index is 11.6. The molecule has 3 N–H and O–H groups in total. The third-order valence-corrected chi connectivity index (χ3v) is 2.84. The first-order valence-electron chi connectivity index (χ1n) is 5.81. The van der Waals surface area contributed by atoms with Gasteiger partial charge in [-0.25, -0.2) is 0 Å². The number of rotatable bonds is 5. The Hall–Kier alpha value is -2.50. The molecule has 6 heteroatoms. The third kappa shape index (κ3) is 2.85. The van der Waals surface area contributed by atoms with Crippen molar-refractivity contribution in [2.24, 2.45) is 0 Å². The molecule has 19 heavy (non-hydrogen) atoms. The summed E-state index contributed by atoms with van der Waals surface area (Å²) in [4.78, 5) is 22.5. The highest BCUT2D eigenvalue weighted by Gasteiger charge is 2.24. The number of carboxylic acid groups (broad SMARTS) is 1. The Bertz CT molecular complexity index is 615. The molecular formula is C13H14N2O4. The summed E-state index contributed by atoms with van der Waals surface area (Å²) in [6.07, 6.45) is 0. The lowest BCUT2D eigenvalue weighted by Gasteiger charge is -2.07. The second-order valence-corrected chi connectivity index (χ2v) is 4.15. The number of carboxylic acids is 1. The standard InChI is InChI=1S/C13H14N2O4/c1-8(13(17)18)11-10(19-15-12(11)16)7-14-9-5-3-2-4-6-9/h2-6,8,14H,7H2,1H3,(H,15,16)(H,17,18). The van der Waals surface area contributed by atoms with E-state index in [0.29, 0.717) is 5.76 Å². The Labute approximate surface area is 109 Å². The van der Waals surface area contributed by atoms with Crippen LogP contribution in [0.5, 0.6) is 0 Å². The van der Waals surface area contributed by atoms with Gasteiger partial charge in [-0.1, -0.05) is 18.2 Å². The van der Waals surface area contributed by atoms with E-state index in [2.05, 4.69) is 10.5 Å². The number of aromatic nitrogens is 1. The van der Waals surface area contributed by atoms with Crippen LogP contribution < -0.4 is 10.9 Å². The molecule has 1 unspecified atom stereocenters. The minimum atomic E-state index is -1.06. The topological polar surface area (TPSA) is 95.3 Å². The molecule has 1 heterocycles. The van der Waals surface area contributed by atoms with Gasteiger partial charge < -0.3 is 14.9 Å². The van der Waals surface area contributed by atoms with E-state index in [-0.39, 0.29) is 12.1 Å². The predicted molar refractivity (Wildman–Crippen MR) is 69.1 cm³/mol. The van der Waals surface area contributed by atoms with Crippen molar-refractivity contribution in [1.29, 1.82) is 0 Å². The molecule has 0 saturated heterocycles. The van der Waals surface area contributed by atoms with Crippen LogP contribution in [-0.2, 0) is 11.3 Å². The van der Waals surface area contributed by atoms with Gasteiger partial charge in [0, 0.05) is 5.69 Å². The quantitative estimate of drug-likeness (QED) is 0.763. The molecule has 0 aliphatic rings. The number of nitrogens with one attached hydrogen (secondary N) is 2. The van der Waals surface area contributed by atoms with Crippen LogP contribution in [0.25, 0.3) is 0 Å². The first-order chi connectivity index (χ1) is 9.09. The van der Waals surface area contributed by atoms with Gasteiger partial charge in [-0.15, -0.1) is 0 Å². The van der Waals surface area contributed by atoms with Gasteiger partial charge in [-0.2, -0.15) is 5.16 Å². The molecule has 0 aliphatic carbocycles. The van der Waals surface area contributed by atoms with Crippen molar-refractivity contribution >= 4 is 11.7 Å². The van der Waals surface area contributed by atoms with Crippen LogP contribution in [0.2, 0.25) is 0 Å². The fourth-order valence-corrected chi connectivity index (χ4v) is 1.78. The average molecular weight is 262 g/mol. The molecule has 0 bridgehead atoms. The predicted octanol–water partition coefficient (Wildman–Crippen LogP) is 1.77. The number of carbonyl (C=O) groups is 1. The molecular weight excluding hydrogens is 248 g/mol. The zero-order valence-corrected chi connectivity index (χ0v) is 10.3. The summed E-state index contributed by atoms with van der Waals surface area (Å²) in [6.45, 7) is 1.70. The molecule has 0 spiro atoms. The molecule has 0 radical (unpaired) electrons. The van der Waals surface area contributed by atoms with E-state index < -0.39 is 17.4 Å². The number of hydrogen-bond donors (Lipinski definition) is 3. The Morgan fingerprint density at radius 1 is 1.42 bits per heavy atom. The minimum Gasteiger partial charge on any atom is -0.481 e. The Morgan fingerprint density at radius 3 is 2.74 bits per heavy atom. The van der Waals surface area contributed by atoms with E-state index in [1.165, 1.54) is 6.92 Å². The molecule has 2 aromatic rings. The molecule has 2 rings (SSSR count). The van der Waals surface area contributed by atoms with Crippen molar-refractivity contribution in [1.82, 2.24) is 5.16 Å². The van der Waals surface area contributed by atoms with Crippen LogP contribution in [0.3, 0.4) is 0 Å². The summed E-state index contributed by atoms with van der Waals surface area (Å²) in [5.41, 5.74) is 0.510. The van der Waals surface area contributed by atoms with Crippen LogP contribution in [0.1, 0.15) is 24.2 Å². The van der Waals surface area contributed by atoms with Crippen molar-refractivity contribution in [2.45, 2.75) is 19.4 Å². The summed E-state index contributed by atoms with van der Waals surface area (Å²) in [6, 6.07) is 9.36. The molecule has 100 valence electrons. The van der Waals surface area contributed by atoms with E-state index in [9.17, 15) is 9.59 Å². The fraction of sp³-hybridized carbons (Fsp3) is 0.231. The lowest BCUT2D eigenvalue weighted by molar-refractivity contribution is -0.138. The highest BCUT2D eigenvalue weighted by molar-refractivity contribution is 5.75. The smallest absolute Gasteiger partial charge is 0.311 e. The van der Waals surface area contributed by atoms with Crippen LogP contribution in [0.15, 0.2) is 39.6 Å². The normalized spacial score (nSPS) is 12.1. The van der Waals surface area contributed by atoms with Gasteiger partial charge in [0.1, 0.15) is 0 Å². The zero-order chi connectivity index (χ0) is 13.8. The molecule has 0 amide bonds. The Morgan fingerprint density at radius 2 is 2.11 bits per heavy atom. The molecule has 0 aliphatic heterocycles. The highest BCUT2D eigenvalue weighted by atomic mass is 16.5. The molecule has 0 saturated carbocycles. The summed E-state index contributed by atoms with van der Waals surface area (Å²) >= 11 is 0. The SMILES string of the molecule is CC(C(=O)O)c1c(CNc2ccccc2)o[nH]c1=O. The van der Waals surface area contributed by atoms with Crippen molar-refractivity contribution in [3.63, 3.8) is 0 Å². The third-order valence-electron chi connectivity index (χ3n) is 2.84. The zero-order valence-electron chi connectivity index (χ0n) is 10.3. The molecule has 6 nitrogen and oxygen atoms in total. The monoisotopic (exact) mass is 262 g/mol. The van der Waals surface area contributed by atoms with Gasteiger partial charge >= 0.3 is 5.97 Å². The van der Waals surface area contributed by atoms with Crippen LogP contribution in [-0.4, -0.2) is 16.2 Å². The number of H-pyrrole nitrogens is 1. The molecule has 1 aromatic heterocycles. The first-order valence-corrected chi connectivity index (χ1v) is 5.81. The number of aromatic amines is 1. The average Bonchev–Trinajstić information content (AvgIpc) is 2.77. The Balaban J connectivity index is 2.18. The molecule has 0 fully saturated rings. The van der Waals surface area contributed by atoms with E-state index in [0.717, 1.165) is 5.69 Å². The van der Waals surface area contributed by atoms with Crippen molar-refractivity contribution in [3.8, 4) is 0 Å². The summed E-state index contributed by atoms with van der Waals surface area (Å²) in [5, 5.41) is 14.2. The van der Waals surface area contributed by atoms with Crippen LogP contribution in [0, 0.1) is 0 Å². The van der Waals surface area contributed by atoms with Gasteiger partial charge in [0.2, 0.25) is 0 Å². The highest BCUT2D eigenvalue weighted by Crippen LogP contribution is 2.17. The maximum Gasteiger partial charge on any atom is 0.311 e. The van der Waals surface area contributed by atoms with Crippen LogP contribution >= 0.6 is 0 Å². The van der Waals surface area contributed by atoms with E-state index in [4.69, 9.17) is 9.63 Å². The van der Waals surface area contributed by atoms with E-state index in [1.54, 1.807) is 0 Å². The maximum absolute atomic E-state index is 11.6. The lowest BCUT2D eigenvalue weighted by atomic mass is 10.0. The van der Waals surface area contributed by atoms with Gasteiger partial charge in [0.05, 0.1) is 18.0 Å². The molecule has 1 atom stereocenters. The second-order valence-electron chi connectivity index (χ2n) is 4.15. The second kappa shape index (κ2) is 5.43. The van der Waals surface area contributed by atoms with Crippen molar-refractivity contribution < 1.29 is 14.4 Å². The summed E-state index contributed by atoms with van der Waals surface area (Å²) < 4.78 is 5.03. The Kier molecular flexibility index (Phi) is 3.70. The number of para-hydroxylation sites is 1. The number of aliphatic carboxylic acids is 1. The van der Waals surface area contributed by atoms with Gasteiger partial charge in [-0.05, 0) is 19.1 Å². The number of benzene rings is 1. The van der Waals surface area contributed by atoms with E-state index in [1.807, 2.05) is 30.3 Å². The van der Waals surface area contributed by atoms with Crippen molar-refractivity contribution in [3.05, 3.63) is 52.0 Å². The van der Waals surface area contributed by atoms with Gasteiger partial charge in [-0.3, -0.25) is 9.59 Å². The molecule has 1 aromatic carbocycles. The van der Waals surface area contributed by atoms with Gasteiger partial charge in [0.25, 0.3) is 5.56 Å². The van der Waals surface area contributed by atoms with Crippen LogP contribution in [0.4, 0.5) is 5.69 Å². The minimum absolute atomic E-state index is 0.149. The lowest BCUT2D eigenvalue weighted by Crippen LogP contribution is -2.18.